The number of aryl methyl sites for hydroxylation is 2. The van der Waals surface area contributed by atoms with Gasteiger partial charge in [0.1, 0.15) is 11.5 Å². The highest BCUT2D eigenvalue weighted by atomic mass is 19.4. The van der Waals surface area contributed by atoms with Crippen LogP contribution in [0.25, 0.3) is 0 Å². The number of carboxylic acids is 1. The lowest BCUT2D eigenvalue weighted by Crippen LogP contribution is -2.23. The maximum absolute atomic E-state index is 10.6. The molecule has 1 aliphatic rings. The van der Waals surface area contributed by atoms with E-state index in [1.807, 2.05) is 19.3 Å². The Kier molecular flexibility index (Phi) is 8.03. The zero-order valence-corrected chi connectivity index (χ0v) is 16.1. The SMILES string of the molecule is C=CCOCc1ncn2c1CN(Cc1ccc(C)o1)CCC2.O=C(O)C(F)(F)F. The fraction of sp³-hybridized carbons (Fsp3) is 0.474. The van der Waals surface area contributed by atoms with Gasteiger partial charge < -0.3 is 18.8 Å². The van der Waals surface area contributed by atoms with E-state index in [-0.39, 0.29) is 0 Å². The fourth-order valence-electron chi connectivity index (χ4n) is 2.86. The summed E-state index contributed by atoms with van der Waals surface area (Å²) in [6, 6.07) is 4.08. The Bertz CT molecular complexity index is 814. The van der Waals surface area contributed by atoms with Crippen LogP contribution in [-0.4, -0.2) is 44.9 Å². The topological polar surface area (TPSA) is 80.7 Å². The summed E-state index contributed by atoms with van der Waals surface area (Å²) < 4.78 is 45.3. The van der Waals surface area contributed by atoms with Gasteiger partial charge in [-0.3, -0.25) is 4.90 Å². The third-order valence-electron chi connectivity index (χ3n) is 4.17. The Morgan fingerprint density at radius 1 is 1.41 bits per heavy atom. The number of carboxylic acid groups (broad SMARTS) is 1. The first kappa shape index (κ1) is 22.7. The Balaban J connectivity index is 0.000000370. The Labute approximate surface area is 166 Å². The van der Waals surface area contributed by atoms with E-state index in [0.717, 1.165) is 49.8 Å². The lowest BCUT2D eigenvalue weighted by Gasteiger charge is -2.18. The molecule has 3 rings (SSSR count). The number of nitrogens with zero attached hydrogens (tertiary/aromatic N) is 3. The van der Waals surface area contributed by atoms with Crippen molar-refractivity contribution in [1.82, 2.24) is 14.5 Å². The van der Waals surface area contributed by atoms with Gasteiger partial charge in [-0.1, -0.05) is 6.08 Å². The average Bonchev–Trinajstić information content (AvgIpc) is 3.15. The highest BCUT2D eigenvalue weighted by molar-refractivity contribution is 5.73. The van der Waals surface area contributed by atoms with E-state index in [2.05, 4.69) is 27.1 Å². The van der Waals surface area contributed by atoms with Crippen molar-refractivity contribution in [1.29, 1.82) is 0 Å². The number of alkyl halides is 3. The number of furan rings is 1. The second-order valence-corrected chi connectivity index (χ2v) is 6.51. The molecule has 3 heterocycles. The molecule has 0 saturated heterocycles. The number of hydrogen-bond acceptors (Lipinski definition) is 5. The standard InChI is InChI=1S/C17H23N3O2.C2HF3O2/c1-3-9-21-12-16-17-11-19(7-4-8-20(17)13-18-16)10-15-6-5-14(2)22-15;3-2(4,5)1(6)7/h3,5-6,13H,1,4,7-12H2,2H3;(H,6,7). The lowest BCUT2D eigenvalue weighted by molar-refractivity contribution is -0.192. The van der Waals surface area contributed by atoms with Crippen LogP contribution in [0, 0.1) is 6.92 Å². The molecule has 0 radical (unpaired) electrons. The maximum atomic E-state index is 10.6. The van der Waals surface area contributed by atoms with E-state index >= 15 is 0 Å². The smallest absolute Gasteiger partial charge is 0.475 e. The summed E-state index contributed by atoms with van der Waals surface area (Å²) in [6.45, 7) is 10.6. The second-order valence-electron chi connectivity index (χ2n) is 6.51. The molecule has 1 aliphatic heterocycles. The number of ether oxygens (including phenoxy) is 1. The number of fused-ring (bicyclic) bond motifs is 1. The molecule has 160 valence electrons. The van der Waals surface area contributed by atoms with Gasteiger partial charge in [0.15, 0.2) is 0 Å². The normalized spacial score (nSPS) is 14.5. The zero-order chi connectivity index (χ0) is 21.4. The van der Waals surface area contributed by atoms with Crippen molar-refractivity contribution in [3.8, 4) is 0 Å². The number of halogens is 3. The molecule has 7 nitrogen and oxygen atoms in total. The maximum Gasteiger partial charge on any atom is 0.490 e. The molecule has 2 aromatic heterocycles. The number of carbonyl (C=O) groups is 1. The van der Waals surface area contributed by atoms with E-state index in [4.69, 9.17) is 19.1 Å². The molecular weight excluding hydrogens is 391 g/mol. The van der Waals surface area contributed by atoms with Gasteiger partial charge in [-0.05, 0) is 25.5 Å². The summed E-state index contributed by atoms with van der Waals surface area (Å²) >= 11 is 0. The third-order valence-corrected chi connectivity index (χ3v) is 4.17. The van der Waals surface area contributed by atoms with Crippen LogP contribution < -0.4 is 0 Å². The van der Waals surface area contributed by atoms with E-state index in [1.54, 1.807) is 6.08 Å². The fourth-order valence-corrected chi connectivity index (χ4v) is 2.86. The largest absolute Gasteiger partial charge is 0.490 e. The van der Waals surface area contributed by atoms with Gasteiger partial charge in [0.05, 0.1) is 37.5 Å². The van der Waals surface area contributed by atoms with Crippen LogP contribution in [0.1, 0.15) is 29.3 Å². The third kappa shape index (κ3) is 7.06. The first-order valence-electron chi connectivity index (χ1n) is 9.00. The molecule has 0 atom stereocenters. The molecule has 2 aromatic rings. The monoisotopic (exact) mass is 415 g/mol. The predicted octanol–water partition coefficient (Wildman–Crippen LogP) is 3.53. The first-order valence-corrected chi connectivity index (χ1v) is 9.00. The van der Waals surface area contributed by atoms with Crippen molar-refractivity contribution in [2.24, 2.45) is 0 Å². The molecule has 0 fully saturated rings. The summed E-state index contributed by atoms with van der Waals surface area (Å²) in [7, 11) is 0. The molecule has 0 aliphatic carbocycles. The predicted molar refractivity (Wildman–Crippen MR) is 97.9 cm³/mol. The molecule has 0 unspecified atom stereocenters. The molecule has 29 heavy (non-hydrogen) atoms. The van der Waals surface area contributed by atoms with Crippen molar-refractivity contribution in [2.45, 2.75) is 45.8 Å². The van der Waals surface area contributed by atoms with Gasteiger partial charge in [0.25, 0.3) is 0 Å². The summed E-state index contributed by atoms with van der Waals surface area (Å²) in [6.07, 6.45) is -0.265. The summed E-state index contributed by atoms with van der Waals surface area (Å²) in [5.41, 5.74) is 2.29. The molecule has 10 heteroatoms. The van der Waals surface area contributed by atoms with Crippen molar-refractivity contribution in [3.05, 3.63) is 54.0 Å². The second kappa shape index (κ2) is 10.3. The van der Waals surface area contributed by atoms with Crippen LogP contribution in [0.5, 0.6) is 0 Å². The minimum atomic E-state index is -5.08. The highest BCUT2D eigenvalue weighted by Gasteiger charge is 2.38. The van der Waals surface area contributed by atoms with Gasteiger partial charge in [0.2, 0.25) is 0 Å². The Morgan fingerprint density at radius 2 is 2.14 bits per heavy atom. The van der Waals surface area contributed by atoms with Gasteiger partial charge >= 0.3 is 12.1 Å². The van der Waals surface area contributed by atoms with Crippen LogP contribution in [0.15, 0.2) is 35.5 Å². The Morgan fingerprint density at radius 3 is 2.72 bits per heavy atom. The number of rotatable bonds is 6. The zero-order valence-electron chi connectivity index (χ0n) is 16.1. The van der Waals surface area contributed by atoms with Crippen LogP contribution in [0.2, 0.25) is 0 Å². The average molecular weight is 415 g/mol. The molecule has 1 N–H and O–H groups in total. The van der Waals surface area contributed by atoms with Crippen LogP contribution in [0.4, 0.5) is 13.2 Å². The van der Waals surface area contributed by atoms with E-state index in [0.29, 0.717) is 13.2 Å². The number of imidazole rings is 1. The quantitative estimate of drug-likeness (QED) is 0.574. The van der Waals surface area contributed by atoms with Crippen LogP contribution in [-0.2, 0) is 35.8 Å². The van der Waals surface area contributed by atoms with Crippen molar-refractivity contribution in [3.63, 3.8) is 0 Å². The summed E-state index contributed by atoms with van der Waals surface area (Å²) in [5.74, 6) is -0.768. The number of aromatic nitrogens is 2. The molecule has 0 bridgehead atoms. The molecular formula is C19H24F3N3O4. The van der Waals surface area contributed by atoms with Crippen molar-refractivity contribution >= 4 is 5.97 Å². The minimum absolute atomic E-state index is 0.544. The van der Waals surface area contributed by atoms with Crippen LogP contribution >= 0.6 is 0 Å². The van der Waals surface area contributed by atoms with Gasteiger partial charge in [-0.15, -0.1) is 6.58 Å². The summed E-state index contributed by atoms with van der Waals surface area (Å²) in [4.78, 5) is 15.8. The lowest BCUT2D eigenvalue weighted by atomic mass is 10.3. The van der Waals surface area contributed by atoms with Gasteiger partial charge in [0, 0.05) is 19.6 Å². The molecule has 0 saturated carbocycles. The van der Waals surface area contributed by atoms with Crippen LogP contribution in [0.3, 0.4) is 0 Å². The number of aliphatic carboxylic acids is 1. The van der Waals surface area contributed by atoms with E-state index in [1.165, 1.54) is 5.69 Å². The number of hydrogen-bond donors (Lipinski definition) is 1. The first-order chi connectivity index (χ1) is 13.7. The minimum Gasteiger partial charge on any atom is -0.475 e. The van der Waals surface area contributed by atoms with E-state index < -0.39 is 12.1 Å². The molecule has 0 spiro atoms. The Hall–Kier alpha value is -2.59. The van der Waals surface area contributed by atoms with Gasteiger partial charge in [-0.2, -0.15) is 13.2 Å². The van der Waals surface area contributed by atoms with Gasteiger partial charge in [-0.25, -0.2) is 9.78 Å². The van der Waals surface area contributed by atoms with Crippen molar-refractivity contribution < 1.29 is 32.2 Å². The summed E-state index contributed by atoms with van der Waals surface area (Å²) in [5, 5.41) is 7.12. The highest BCUT2D eigenvalue weighted by Crippen LogP contribution is 2.19. The molecule has 0 aromatic carbocycles. The van der Waals surface area contributed by atoms with E-state index in [9.17, 15) is 13.2 Å². The molecule has 0 amide bonds. The van der Waals surface area contributed by atoms with Crippen molar-refractivity contribution in [2.75, 3.05) is 13.2 Å².